The molecule has 0 spiro atoms. The number of amides is 2. The Morgan fingerprint density at radius 1 is 1.11 bits per heavy atom. The van der Waals surface area contributed by atoms with Crippen LogP contribution in [0.2, 0.25) is 0 Å². The number of nitrogens with one attached hydrogen (secondary N) is 1. The molecule has 0 unspecified atom stereocenters. The molecule has 2 aliphatic rings. The topological polar surface area (TPSA) is 99.2 Å². The predicted molar refractivity (Wildman–Crippen MR) is 136 cm³/mol. The number of carbonyl (C=O) groups excluding carboxylic acids is 3. The number of anilines is 2. The van der Waals surface area contributed by atoms with Gasteiger partial charge in [0.1, 0.15) is 6.04 Å². The maximum absolute atomic E-state index is 13.7. The summed E-state index contributed by atoms with van der Waals surface area (Å²) in [7, 11) is 0. The van der Waals surface area contributed by atoms with E-state index in [0.29, 0.717) is 12.1 Å². The third kappa shape index (κ3) is 5.22. The van der Waals surface area contributed by atoms with Crippen molar-refractivity contribution in [2.24, 2.45) is 23.7 Å². The molecule has 0 saturated carbocycles. The molecular formula is C27H39N3O5. The number of aliphatic hydroxyl groups excluding tert-OH is 1. The smallest absolute Gasteiger partial charge is 0.310 e. The van der Waals surface area contributed by atoms with Crippen LogP contribution in [0.4, 0.5) is 11.4 Å². The van der Waals surface area contributed by atoms with Gasteiger partial charge in [-0.15, -0.1) is 0 Å². The molecule has 1 aliphatic heterocycles. The van der Waals surface area contributed by atoms with Gasteiger partial charge in [-0.05, 0) is 57.4 Å². The lowest BCUT2D eigenvalue weighted by molar-refractivity contribution is -0.155. The lowest BCUT2D eigenvalue weighted by atomic mass is 9.70. The molecule has 1 heterocycles. The van der Waals surface area contributed by atoms with Gasteiger partial charge in [0.25, 0.3) is 0 Å². The lowest BCUT2D eigenvalue weighted by Gasteiger charge is -2.33. The van der Waals surface area contributed by atoms with Crippen LogP contribution in [-0.4, -0.2) is 66.2 Å². The Morgan fingerprint density at radius 3 is 2.31 bits per heavy atom. The van der Waals surface area contributed by atoms with Crippen LogP contribution >= 0.6 is 0 Å². The zero-order valence-corrected chi connectivity index (χ0v) is 21.4. The number of ether oxygens (including phenoxy) is 1. The number of nitrogens with zero attached hydrogens (tertiary/aromatic N) is 2. The summed E-state index contributed by atoms with van der Waals surface area (Å²) in [6, 6.07) is 6.30. The molecule has 1 aromatic rings. The molecule has 8 heteroatoms. The van der Waals surface area contributed by atoms with Crippen molar-refractivity contribution in [3.63, 3.8) is 0 Å². The summed E-state index contributed by atoms with van der Waals surface area (Å²) in [5, 5.41) is 13.0. The van der Waals surface area contributed by atoms with Gasteiger partial charge in [-0.3, -0.25) is 14.4 Å². The van der Waals surface area contributed by atoms with Gasteiger partial charge in [0.05, 0.1) is 31.1 Å². The third-order valence-corrected chi connectivity index (χ3v) is 7.38. The number of rotatable bonds is 10. The van der Waals surface area contributed by atoms with E-state index in [-0.39, 0.29) is 30.9 Å². The van der Waals surface area contributed by atoms with E-state index in [0.717, 1.165) is 18.8 Å². The number of allylic oxidation sites excluding steroid dienone is 1. The maximum atomic E-state index is 13.7. The second-order valence-electron chi connectivity index (χ2n) is 9.27. The van der Waals surface area contributed by atoms with Crippen molar-refractivity contribution in [3.05, 3.63) is 36.4 Å². The molecule has 0 radical (unpaired) electrons. The summed E-state index contributed by atoms with van der Waals surface area (Å²) < 4.78 is 5.30. The molecule has 1 aliphatic carbocycles. The molecule has 0 bridgehead atoms. The minimum absolute atomic E-state index is 0.190. The zero-order valence-electron chi connectivity index (χ0n) is 21.4. The van der Waals surface area contributed by atoms with Crippen molar-refractivity contribution >= 4 is 29.2 Å². The van der Waals surface area contributed by atoms with Gasteiger partial charge in [-0.2, -0.15) is 0 Å². The van der Waals surface area contributed by atoms with Crippen LogP contribution in [0, 0.1) is 23.7 Å². The monoisotopic (exact) mass is 485 g/mol. The molecule has 1 aromatic carbocycles. The van der Waals surface area contributed by atoms with E-state index in [1.807, 2.05) is 50.3 Å². The Hall–Kier alpha value is -2.87. The molecule has 8 nitrogen and oxygen atoms in total. The number of hydrogen-bond donors (Lipinski definition) is 2. The fraction of sp³-hybridized carbons (Fsp3) is 0.593. The highest BCUT2D eigenvalue weighted by Gasteiger charge is 2.58. The Labute approximate surface area is 208 Å². The van der Waals surface area contributed by atoms with E-state index in [9.17, 15) is 19.5 Å². The summed E-state index contributed by atoms with van der Waals surface area (Å²) in [6.07, 6.45) is 4.28. The summed E-state index contributed by atoms with van der Waals surface area (Å²) in [4.78, 5) is 43.9. The molecule has 35 heavy (non-hydrogen) atoms. The second kappa shape index (κ2) is 11.7. The zero-order chi connectivity index (χ0) is 25.7. The van der Waals surface area contributed by atoms with Crippen molar-refractivity contribution in [3.8, 4) is 0 Å². The molecule has 1 fully saturated rings. The van der Waals surface area contributed by atoms with E-state index in [4.69, 9.17) is 4.74 Å². The van der Waals surface area contributed by atoms with Gasteiger partial charge in [-0.25, -0.2) is 0 Å². The van der Waals surface area contributed by atoms with Crippen molar-refractivity contribution < 1.29 is 24.2 Å². The normalized spacial score (nSPS) is 26.3. The highest BCUT2D eigenvalue weighted by atomic mass is 16.5. The Balaban J connectivity index is 1.93. The van der Waals surface area contributed by atoms with Crippen LogP contribution in [0.5, 0.6) is 0 Å². The molecule has 3 rings (SSSR count). The standard InChI is InChI=1S/C27H39N3O5/c1-6-19(16-31)30-24(25(32)28-18-11-13-20(14-12-18)29(7-2)8-3)21-15-10-17(5)22(23(21)26(30)33)27(34)35-9-4/h10-15,17,19,21-24,31H,6-9,16H2,1-5H3,(H,28,32)/t17-,19+,21+,22-,23-,24+/m1/s1. The van der Waals surface area contributed by atoms with Gasteiger partial charge in [0.15, 0.2) is 0 Å². The van der Waals surface area contributed by atoms with Crippen LogP contribution in [0.25, 0.3) is 0 Å². The summed E-state index contributed by atoms with van der Waals surface area (Å²) in [5.74, 6) is -3.05. The summed E-state index contributed by atoms with van der Waals surface area (Å²) >= 11 is 0. The van der Waals surface area contributed by atoms with Gasteiger partial charge >= 0.3 is 5.97 Å². The number of benzene rings is 1. The highest BCUT2D eigenvalue weighted by molar-refractivity contribution is 6.01. The fourth-order valence-corrected chi connectivity index (χ4v) is 5.51. The van der Waals surface area contributed by atoms with Crippen molar-refractivity contribution in [2.75, 3.05) is 36.5 Å². The average molecular weight is 486 g/mol. The Morgan fingerprint density at radius 2 is 1.77 bits per heavy atom. The Kier molecular flexibility index (Phi) is 8.94. The molecule has 192 valence electrons. The maximum Gasteiger partial charge on any atom is 0.310 e. The van der Waals surface area contributed by atoms with E-state index in [1.165, 1.54) is 4.90 Å². The van der Waals surface area contributed by atoms with Crippen LogP contribution in [-0.2, 0) is 19.1 Å². The van der Waals surface area contributed by atoms with Crippen LogP contribution in [0.15, 0.2) is 36.4 Å². The van der Waals surface area contributed by atoms with Crippen LogP contribution in [0.1, 0.15) is 41.0 Å². The highest BCUT2D eigenvalue weighted by Crippen LogP contribution is 2.45. The molecule has 1 saturated heterocycles. The van der Waals surface area contributed by atoms with E-state index in [1.54, 1.807) is 6.92 Å². The Bertz CT molecular complexity index is 923. The molecule has 0 aromatic heterocycles. The SMILES string of the molecule is CCOC(=O)[C@H]1[C@@H]2C(=O)N([C@@H](CC)CO)[C@H](C(=O)Nc3ccc(N(CC)CC)cc3)[C@H]2C=C[C@H]1C. The first-order chi connectivity index (χ1) is 16.8. The number of likely N-dealkylation sites (tertiary alicyclic amines) is 1. The third-order valence-electron chi connectivity index (χ3n) is 7.38. The van der Waals surface area contributed by atoms with Crippen LogP contribution in [0.3, 0.4) is 0 Å². The molecular weight excluding hydrogens is 446 g/mol. The first-order valence-electron chi connectivity index (χ1n) is 12.8. The largest absolute Gasteiger partial charge is 0.466 e. The molecule has 2 N–H and O–H groups in total. The minimum Gasteiger partial charge on any atom is -0.466 e. The van der Waals surface area contributed by atoms with E-state index in [2.05, 4.69) is 24.1 Å². The van der Waals surface area contributed by atoms with E-state index >= 15 is 0 Å². The summed E-state index contributed by atoms with van der Waals surface area (Å²) in [6.45, 7) is 11.4. The van der Waals surface area contributed by atoms with Crippen molar-refractivity contribution in [1.29, 1.82) is 0 Å². The predicted octanol–water partition coefficient (Wildman–Crippen LogP) is 3.07. The van der Waals surface area contributed by atoms with Crippen LogP contribution < -0.4 is 10.2 Å². The van der Waals surface area contributed by atoms with Crippen molar-refractivity contribution in [1.82, 2.24) is 4.90 Å². The van der Waals surface area contributed by atoms with Gasteiger partial charge in [-0.1, -0.05) is 26.0 Å². The minimum atomic E-state index is -0.826. The van der Waals surface area contributed by atoms with E-state index < -0.39 is 35.8 Å². The van der Waals surface area contributed by atoms with Gasteiger partial charge in [0, 0.05) is 30.4 Å². The number of aliphatic hydroxyl groups is 1. The first kappa shape index (κ1) is 26.7. The number of fused-ring (bicyclic) bond motifs is 1. The molecule has 2 amide bonds. The molecule has 6 atom stereocenters. The number of hydrogen-bond acceptors (Lipinski definition) is 6. The van der Waals surface area contributed by atoms with Gasteiger partial charge < -0.3 is 25.0 Å². The fourth-order valence-electron chi connectivity index (χ4n) is 5.51. The number of carbonyl (C=O) groups is 3. The lowest BCUT2D eigenvalue weighted by Crippen LogP contribution is -2.50. The summed E-state index contributed by atoms with van der Waals surface area (Å²) in [5.41, 5.74) is 1.70. The first-order valence-corrected chi connectivity index (χ1v) is 12.8. The average Bonchev–Trinajstić information content (AvgIpc) is 3.14. The van der Waals surface area contributed by atoms with Crippen molar-refractivity contribution in [2.45, 2.75) is 53.1 Å². The second-order valence-corrected chi connectivity index (χ2v) is 9.27. The van der Waals surface area contributed by atoms with Gasteiger partial charge in [0.2, 0.25) is 11.8 Å². The quantitative estimate of drug-likeness (QED) is 0.390. The number of esters is 1.